The fourth-order valence-corrected chi connectivity index (χ4v) is 4.89. The minimum absolute atomic E-state index is 1.22. The summed E-state index contributed by atoms with van der Waals surface area (Å²) in [6.45, 7) is 0. The molecule has 0 aromatic heterocycles. The number of benzene rings is 5. The standard InChI is InChI=1S/C24H20B.C8H11N/c1-5-13-21(14-6-1)25(22-15-7-2-8-16-22,23-17-9-3-10-18-23)24-19-11-4-12-20-24;1-9(2)8-6-4-3-5-7-8/h1-20H;3-7H,1-2H3/q-1;/p+1. The summed E-state index contributed by atoms with van der Waals surface area (Å²) in [5.41, 5.74) is 6.69. The second-order valence-corrected chi connectivity index (χ2v) is 8.87. The van der Waals surface area contributed by atoms with Gasteiger partial charge in [0, 0.05) is 0 Å². The van der Waals surface area contributed by atoms with Crippen LogP contribution in [-0.4, -0.2) is 20.2 Å². The number of rotatable bonds is 5. The summed E-state index contributed by atoms with van der Waals surface area (Å²) in [7, 11) is 4.24. The van der Waals surface area contributed by atoms with Crippen LogP contribution < -0.4 is 26.8 Å². The van der Waals surface area contributed by atoms with Crippen LogP contribution >= 0.6 is 0 Å². The molecule has 0 fully saturated rings. The van der Waals surface area contributed by atoms with Crippen LogP contribution in [-0.2, 0) is 0 Å². The molecule has 0 atom stereocenters. The molecule has 5 aromatic rings. The molecule has 2 heteroatoms. The van der Waals surface area contributed by atoms with Gasteiger partial charge in [-0.05, 0) is 12.1 Å². The van der Waals surface area contributed by atoms with Crippen molar-refractivity contribution in [1.82, 2.24) is 0 Å². The van der Waals surface area contributed by atoms with Crippen LogP contribution in [0.25, 0.3) is 0 Å². The highest BCUT2D eigenvalue weighted by Crippen LogP contribution is 2.09. The lowest BCUT2D eigenvalue weighted by molar-refractivity contribution is -0.786. The quantitative estimate of drug-likeness (QED) is 0.398. The highest BCUT2D eigenvalue weighted by molar-refractivity contribution is 7.19. The highest BCUT2D eigenvalue weighted by atomic mass is 15.1. The van der Waals surface area contributed by atoms with Gasteiger partial charge in [0.15, 0.2) is 0 Å². The van der Waals surface area contributed by atoms with Crippen LogP contribution in [0.1, 0.15) is 0 Å². The van der Waals surface area contributed by atoms with Crippen molar-refractivity contribution in [3.05, 3.63) is 152 Å². The first-order valence-corrected chi connectivity index (χ1v) is 12.0. The van der Waals surface area contributed by atoms with Gasteiger partial charge in [-0.25, -0.2) is 0 Å². The molecule has 1 nitrogen and oxygen atoms in total. The van der Waals surface area contributed by atoms with E-state index in [1.54, 1.807) is 0 Å². The van der Waals surface area contributed by atoms with Gasteiger partial charge >= 0.3 is 0 Å². The first-order valence-electron chi connectivity index (χ1n) is 12.0. The van der Waals surface area contributed by atoms with E-state index < -0.39 is 6.15 Å². The molecule has 0 bridgehead atoms. The Morgan fingerprint density at radius 3 is 0.794 bits per heavy atom. The van der Waals surface area contributed by atoms with Crippen LogP contribution in [0.3, 0.4) is 0 Å². The van der Waals surface area contributed by atoms with Crippen LogP contribution in [0.5, 0.6) is 0 Å². The maximum atomic E-state index is 2.26. The first kappa shape index (κ1) is 23.3. The zero-order chi connectivity index (χ0) is 23.6. The lowest BCUT2D eigenvalue weighted by Crippen LogP contribution is -3.00. The lowest BCUT2D eigenvalue weighted by Gasteiger charge is -2.44. The van der Waals surface area contributed by atoms with Crippen molar-refractivity contribution >= 4 is 33.7 Å². The number of quaternary nitrogens is 1. The molecule has 0 heterocycles. The van der Waals surface area contributed by atoms with E-state index in [0.29, 0.717) is 0 Å². The van der Waals surface area contributed by atoms with Crippen LogP contribution in [0.4, 0.5) is 5.69 Å². The Bertz CT molecular complexity index is 1080. The summed E-state index contributed by atoms with van der Waals surface area (Å²) in [4.78, 5) is 1.37. The summed E-state index contributed by atoms with van der Waals surface area (Å²) in [5, 5.41) is 0. The smallest absolute Gasteiger partial charge is 0.130 e. The van der Waals surface area contributed by atoms with Crippen molar-refractivity contribution < 1.29 is 4.90 Å². The van der Waals surface area contributed by atoms with E-state index in [2.05, 4.69) is 160 Å². The molecule has 5 aromatic carbocycles. The zero-order valence-corrected chi connectivity index (χ0v) is 20.0. The Balaban J connectivity index is 0.000000257. The fourth-order valence-electron chi connectivity index (χ4n) is 4.89. The second-order valence-electron chi connectivity index (χ2n) is 8.87. The molecular formula is C32H32BN. The van der Waals surface area contributed by atoms with Crippen molar-refractivity contribution in [2.24, 2.45) is 0 Å². The van der Waals surface area contributed by atoms with Gasteiger partial charge in [-0.3, -0.25) is 0 Å². The topological polar surface area (TPSA) is 4.44 Å². The van der Waals surface area contributed by atoms with Gasteiger partial charge in [0.25, 0.3) is 0 Å². The summed E-state index contributed by atoms with van der Waals surface area (Å²) in [5.74, 6) is 0. The molecule has 0 unspecified atom stereocenters. The molecule has 0 saturated carbocycles. The Labute approximate surface area is 204 Å². The largest absolute Gasteiger partial charge is 0.307 e. The van der Waals surface area contributed by atoms with E-state index >= 15 is 0 Å². The Kier molecular flexibility index (Phi) is 7.75. The molecule has 0 aliphatic heterocycles. The molecule has 5 rings (SSSR count). The second kappa shape index (κ2) is 11.3. The van der Waals surface area contributed by atoms with Gasteiger partial charge in [-0.2, -0.15) is 21.9 Å². The zero-order valence-electron chi connectivity index (χ0n) is 20.0. The van der Waals surface area contributed by atoms with Gasteiger partial charge in [-0.15, -0.1) is 0 Å². The van der Waals surface area contributed by atoms with E-state index in [-0.39, 0.29) is 0 Å². The highest BCUT2D eigenvalue weighted by Gasteiger charge is 2.30. The molecule has 0 aliphatic rings. The van der Waals surface area contributed by atoms with Crippen molar-refractivity contribution in [2.45, 2.75) is 0 Å². The Morgan fingerprint density at radius 1 is 0.353 bits per heavy atom. The number of hydrogen-bond donors (Lipinski definition) is 1. The third-order valence-electron chi connectivity index (χ3n) is 6.55. The molecular weight excluding hydrogens is 409 g/mol. The van der Waals surface area contributed by atoms with Gasteiger partial charge in [0.2, 0.25) is 0 Å². The van der Waals surface area contributed by atoms with Crippen LogP contribution in [0.15, 0.2) is 152 Å². The number of para-hydroxylation sites is 1. The average Bonchev–Trinajstić information content (AvgIpc) is 2.93. The third-order valence-corrected chi connectivity index (χ3v) is 6.55. The van der Waals surface area contributed by atoms with E-state index in [0.717, 1.165) is 0 Å². The number of nitrogens with one attached hydrogen (secondary N) is 1. The lowest BCUT2D eigenvalue weighted by atomic mass is 9.13. The van der Waals surface area contributed by atoms with Gasteiger partial charge < -0.3 is 4.90 Å². The SMILES string of the molecule is C[NH+](C)c1ccccc1.c1ccc([B-](c2ccccc2)(c2ccccc2)c2ccccc2)cc1. The minimum Gasteiger partial charge on any atom is -0.307 e. The van der Waals surface area contributed by atoms with Crippen molar-refractivity contribution in [3.63, 3.8) is 0 Å². The molecule has 0 amide bonds. The Hall–Kier alpha value is -3.88. The van der Waals surface area contributed by atoms with E-state index in [9.17, 15) is 0 Å². The fraction of sp³-hybridized carbons (Fsp3) is 0.0625. The molecule has 168 valence electrons. The molecule has 0 spiro atoms. The first-order chi connectivity index (χ1) is 16.7. The molecule has 0 saturated heterocycles. The minimum atomic E-state index is -1.22. The molecule has 0 aliphatic carbocycles. The van der Waals surface area contributed by atoms with Gasteiger partial charge in [-0.1, -0.05) is 140 Å². The van der Waals surface area contributed by atoms with Gasteiger partial charge in [0.05, 0.1) is 14.1 Å². The van der Waals surface area contributed by atoms with Crippen molar-refractivity contribution in [1.29, 1.82) is 0 Å². The maximum absolute atomic E-state index is 2.26. The van der Waals surface area contributed by atoms with E-state index in [1.165, 1.54) is 32.4 Å². The number of hydrogen-bond acceptors (Lipinski definition) is 0. The maximum Gasteiger partial charge on any atom is 0.130 e. The van der Waals surface area contributed by atoms with E-state index in [4.69, 9.17) is 0 Å². The van der Waals surface area contributed by atoms with Crippen molar-refractivity contribution in [2.75, 3.05) is 14.1 Å². The normalized spacial score (nSPS) is 10.9. The average molecular weight is 441 g/mol. The van der Waals surface area contributed by atoms with E-state index in [1.807, 2.05) is 6.07 Å². The predicted molar refractivity (Wildman–Crippen MR) is 149 cm³/mol. The summed E-state index contributed by atoms with van der Waals surface area (Å²) in [6.07, 6.45) is -1.22. The summed E-state index contributed by atoms with van der Waals surface area (Å²) < 4.78 is 0. The molecule has 1 N–H and O–H groups in total. The van der Waals surface area contributed by atoms with Crippen molar-refractivity contribution in [3.8, 4) is 0 Å². The monoisotopic (exact) mass is 441 g/mol. The van der Waals surface area contributed by atoms with Crippen LogP contribution in [0.2, 0.25) is 0 Å². The summed E-state index contributed by atoms with van der Waals surface area (Å²) >= 11 is 0. The van der Waals surface area contributed by atoms with Crippen LogP contribution in [0, 0.1) is 0 Å². The summed E-state index contributed by atoms with van der Waals surface area (Å²) in [6, 6.07) is 53.9. The molecule has 34 heavy (non-hydrogen) atoms. The molecule has 0 radical (unpaired) electrons. The Morgan fingerprint density at radius 2 is 0.588 bits per heavy atom. The van der Waals surface area contributed by atoms with Gasteiger partial charge in [0.1, 0.15) is 11.8 Å². The third kappa shape index (κ3) is 5.03. The predicted octanol–water partition coefficient (Wildman–Crippen LogP) is 3.53.